The standard InChI is InChI=1S/C8H14F3NO4S/c1-7(2,17(3,15)16)6(14)12-4-5(13)8(9,10)11/h5,13H,4H2,1-3H3,(H,12,14). The molecule has 0 aliphatic rings. The summed E-state index contributed by atoms with van der Waals surface area (Å²) >= 11 is 0. The smallest absolute Gasteiger partial charge is 0.382 e. The number of aliphatic hydroxyl groups excluding tert-OH is 1. The van der Waals surface area contributed by atoms with Crippen molar-refractivity contribution in [2.45, 2.75) is 30.9 Å². The molecule has 0 radical (unpaired) electrons. The van der Waals surface area contributed by atoms with E-state index in [9.17, 15) is 26.4 Å². The van der Waals surface area contributed by atoms with E-state index < -0.39 is 39.3 Å². The molecule has 0 aliphatic carbocycles. The number of carbonyl (C=O) groups excluding carboxylic acids is 1. The molecule has 0 spiro atoms. The van der Waals surface area contributed by atoms with Gasteiger partial charge in [0.05, 0.1) is 6.54 Å². The van der Waals surface area contributed by atoms with Gasteiger partial charge in [0, 0.05) is 6.26 Å². The zero-order chi connectivity index (χ0) is 14.1. The highest BCUT2D eigenvalue weighted by atomic mass is 32.2. The van der Waals surface area contributed by atoms with Gasteiger partial charge in [-0.2, -0.15) is 13.2 Å². The zero-order valence-electron chi connectivity index (χ0n) is 9.50. The molecule has 0 rings (SSSR count). The SMILES string of the molecule is CC(C)(C(=O)NCC(O)C(F)(F)F)S(C)(=O)=O. The normalized spacial score (nSPS) is 15.5. The van der Waals surface area contributed by atoms with Crippen LogP contribution >= 0.6 is 0 Å². The van der Waals surface area contributed by atoms with E-state index in [0.717, 1.165) is 20.1 Å². The third-order valence-electron chi connectivity index (χ3n) is 2.31. The van der Waals surface area contributed by atoms with E-state index in [1.165, 1.54) is 0 Å². The van der Waals surface area contributed by atoms with Crippen LogP contribution in [0.1, 0.15) is 13.8 Å². The van der Waals surface area contributed by atoms with E-state index in [2.05, 4.69) is 0 Å². The summed E-state index contributed by atoms with van der Waals surface area (Å²) in [5, 5.41) is 10.4. The molecule has 102 valence electrons. The van der Waals surface area contributed by atoms with Gasteiger partial charge < -0.3 is 10.4 Å². The van der Waals surface area contributed by atoms with Crippen LogP contribution in [0.5, 0.6) is 0 Å². The summed E-state index contributed by atoms with van der Waals surface area (Å²) in [5.74, 6) is -1.09. The van der Waals surface area contributed by atoms with Crippen molar-refractivity contribution < 1.29 is 31.5 Å². The lowest BCUT2D eigenvalue weighted by molar-refractivity contribution is -0.201. The molecule has 17 heavy (non-hydrogen) atoms. The topological polar surface area (TPSA) is 83.5 Å². The minimum absolute atomic E-state index is 0.798. The van der Waals surface area contributed by atoms with Gasteiger partial charge in [-0.15, -0.1) is 0 Å². The molecule has 0 aromatic carbocycles. The molecule has 0 aliphatic heterocycles. The van der Waals surface area contributed by atoms with Crippen LogP contribution in [0.4, 0.5) is 13.2 Å². The summed E-state index contributed by atoms with van der Waals surface area (Å²) in [6.45, 7) is 1.05. The van der Waals surface area contributed by atoms with Crippen LogP contribution in [0, 0.1) is 0 Å². The average molecular weight is 277 g/mol. The first-order valence-corrected chi connectivity index (χ1v) is 6.42. The number of hydrogen-bond acceptors (Lipinski definition) is 4. The maximum atomic E-state index is 11.9. The van der Waals surface area contributed by atoms with Crippen LogP contribution in [-0.2, 0) is 14.6 Å². The second-order valence-electron chi connectivity index (χ2n) is 4.05. The van der Waals surface area contributed by atoms with Crippen molar-refractivity contribution in [2.24, 2.45) is 0 Å². The summed E-state index contributed by atoms with van der Waals surface area (Å²) in [5.41, 5.74) is 0. The Morgan fingerprint density at radius 2 is 1.76 bits per heavy atom. The first kappa shape index (κ1) is 16.2. The Hall–Kier alpha value is -0.830. The van der Waals surface area contributed by atoms with Crippen LogP contribution in [0.2, 0.25) is 0 Å². The molecule has 5 nitrogen and oxygen atoms in total. The number of halogens is 3. The quantitative estimate of drug-likeness (QED) is 0.748. The molecular formula is C8H14F3NO4S. The number of carbonyl (C=O) groups is 1. The van der Waals surface area contributed by atoms with Gasteiger partial charge in [-0.1, -0.05) is 0 Å². The Bertz CT molecular complexity index is 388. The second-order valence-corrected chi connectivity index (χ2v) is 6.61. The van der Waals surface area contributed by atoms with Gasteiger partial charge in [0.2, 0.25) is 5.91 Å². The lowest BCUT2D eigenvalue weighted by atomic mass is 10.2. The van der Waals surface area contributed by atoms with E-state index in [0.29, 0.717) is 0 Å². The molecule has 0 aromatic rings. The van der Waals surface area contributed by atoms with Gasteiger partial charge in [-0.25, -0.2) is 8.42 Å². The van der Waals surface area contributed by atoms with E-state index >= 15 is 0 Å². The van der Waals surface area contributed by atoms with Gasteiger partial charge in [0.15, 0.2) is 15.9 Å². The molecule has 0 saturated heterocycles. The summed E-state index contributed by atoms with van der Waals surface area (Å²) in [4.78, 5) is 11.4. The van der Waals surface area contributed by atoms with Gasteiger partial charge in [0.25, 0.3) is 0 Å². The lowest BCUT2D eigenvalue weighted by Crippen LogP contribution is -2.51. The number of alkyl halides is 3. The fourth-order valence-corrected chi connectivity index (χ4v) is 1.10. The van der Waals surface area contributed by atoms with Gasteiger partial charge in [-0.3, -0.25) is 4.79 Å². The Balaban J connectivity index is 4.60. The van der Waals surface area contributed by atoms with Crippen LogP contribution in [0.25, 0.3) is 0 Å². The van der Waals surface area contributed by atoms with E-state index in [-0.39, 0.29) is 0 Å². The molecule has 9 heteroatoms. The number of rotatable bonds is 4. The molecular weight excluding hydrogens is 263 g/mol. The van der Waals surface area contributed by atoms with Crippen molar-refractivity contribution in [1.82, 2.24) is 5.32 Å². The summed E-state index contributed by atoms with van der Waals surface area (Å²) in [7, 11) is -3.76. The van der Waals surface area contributed by atoms with E-state index in [4.69, 9.17) is 5.11 Å². The van der Waals surface area contributed by atoms with Crippen LogP contribution in [-0.4, -0.2) is 49.3 Å². The molecule has 1 amide bonds. The van der Waals surface area contributed by atoms with Crippen molar-refractivity contribution in [3.8, 4) is 0 Å². The van der Waals surface area contributed by atoms with Gasteiger partial charge in [0.1, 0.15) is 4.75 Å². The summed E-state index contributed by atoms with van der Waals surface area (Å²) in [6, 6.07) is 0. The minimum Gasteiger partial charge on any atom is -0.382 e. The highest BCUT2D eigenvalue weighted by Gasteiger charge is 2.41. The molecule has 0 fully saturated rings. The molecule has 1 atom stereocenters. The molecule has 0 heterocycles. The largest absolute Gasteiger partial charge is 0.416 e. The first-order chi connectivity index (χ1) is 7.30. The average Bonchev–Trinajstić information content (AvgIpc) is 2.09. The van der Waals surface area contributed by atoms with Crippen molar-refractivity contribution in [3.63, 3.8) is 0 Å². The Kier molecular flexibility index (Phi) is 4.57. The highest BCUT2D eigenvalue weighted by Crippen LogP contribution is 2.20. The Morgan fingerprint density at radius 1 is 1.35 bits per heavy atom. The van der Waals surface area contributed by atoms with Crippen molar-refractivity contribution in [2.75, 3.05) is 12.8 Å². The first-order valence-electron chi connectivity index (χ1n) is 4.53. The maximum Gasteiger partial charge on any atom is 0.416 e. The van der Waals surface area contributed by atoms with Gasteiger partial charge in [-0.05, 0) is 13.8 Å². The third-order valence-corrected chi connectivity index (χ3v) is 4.35. The van der Waals surface area contributed by atoms with Crippen LogP contribution in [0.15, 0.2) is 0 Å². The minimum atomic E-state index is -4.86. The van der Waals surface area contributed by atoms with Crippen molar-refractivity contribution >= 4 is 15.7 Å². The van der Waals surface area contributed by atoms with Crippen molar-refractivity contribution in [3.05, 3.63) is 0 Å². The highest BCUT2D eigenvalue weighted by molar-refractivity contribution is 7.92. The lowest BCUT2D eigenvalue weighted by Gasteiger charge is -2.23. The molecule has 0 aromatic heterocycles. The number of nitrogens with one attached hydrogen (secondary N) is 1. The Morgan fingerprint density at radius 3 is 2.06 bits per heavy atom. The maximum absolute atomic E-state index is 11.9. The van der Waals surface area contributed by atoms with Crippen LogP contribution < -0.4 is 5.32 Å². The fourth-order valence-electron chi connectivity index (χ4n) is 0.686. The number of sulfone groups is 1. The third kappa shape index (κ3) is 4.15. The molecule has 1 unspecified atom stereocenters. The molecule has 0 bridgehead atoms. The van der Waals surface area contributed by atoms with Crippen molar-refractivity contribution in [1.29, 1.82) is 0 Å². The van der Waals surface area contributed by atoms with Crippen LogP contribution in [0.3, 0.4) is 0 Å². The fraction of sp³-hybridized carbons (Fsp3) is 0.875. The number of amides is 1. The summed E-state index contributed by atoms with van der Waals surface area (Å²) in [6.07, 6.45) is -6.78. The Labute approximate surface area is 96.9 Å². The summed E-state index contributed by atoms with van der Waals surface area (Å²) < 4.78 is 56.3. The number of aliphatic hydroxyl groups is 1. The molecule has 0 saturated carbocycles. The molecule has 2 N–H and O–H groups in total. The monoisotopic (exact) mass is 277 g/mol. The predicted octanol–water partition coefficient (Wildman–Crippen LogP) is -0.151. The van der Waals surface area contributed by atoms with E-state index in [1.807, 2.05) is 0 Å². The zero-order valence-corrected chi connectivity index (χ0v) is 10.3. The predicted molar refractivity (Wildman–Crippen MR) is 54.0 cm³/mol. The number of hydrogen-bond donors (Lipinski definition) is 2. The van der Waals surface area contributed by atoms with Gasteiger partial charge >= 0.3 is 6.18 Å². The second kappa shape index (κ2) is 4.81. The van der Waals surface area contributed by atoms with E-state index in [1.54, 1.807) is 5.32 Å².